The molecule has 0 radical (unpaired) electrons. The molecule has 0 spiro atoms. The van der Waals surface area contributed by atoms with Crippen LogP contribution in [0.25, 0.3) is 38.6 Å². The average molecular weight is 323 g/mol. The fraction of sp³-hybridized carbons (Fsp3) is 0.0833. The summed E-state index contributed by atoms with van der Waals surface area (Å²) in [6, 6.07) is 24.1. The molecular weight excluding hydrogens is 302 g/mol. The Morgan fingerprint density at radius 3 is 2.28 bits per heavy atom. The van der Waals surface area contributed by atoms with Crippen molar-refractivity contribution < 1.29 is 0 Å². The van der Waals surface area contributed by atoms with Gasteiger partial charge in [-0.1, -0.05) is 66.7 Å². The molecule has 4 aromatic rings. The highest BCUT2D eigenvalue weighted by Gasteiger charge is 2.12. The summed E-state index contributed by atoms with van der Waals surface area (Å²) < 4.78 is 2.31. The standard InChI is InChI=1S/C24H21N/c1-4-7-18(3)25-23-9-6-5-8-21(23)22-16-20(14-15-24(22)25)19-12-10-17(2)11-13-19/h4-16H,1H2,2-3H3/b18-7+. The smallest absolute Gasteiger partial charge is 0.0538 e. The molecule has 0 atom stereocenters. The van der Waals surface area contributed by atoms with Gasteiger partial charge in [0.15, 0.2) is 0 Å². The van der Waals surface area contributed by atoms with Gasteiger partial charge in [0.05, 0.1) is 11.0 Å². The SMILES string of the molecule is C=C/C=C(\C)n1c2ccccc2c2cc(-c3ccc(C)cc3)ccc21. The van der Waals surface area contributed by atoms with E-state index >= 15 is 0 Å². The van der Waals surface area contributed by atoms with Crippen LogP contribution in [-0.4, -0.2) is 4.57 Å². The van der Waals surface area contributed by atoms with Crippen LogP contribution in [0.4, 0.5) is 0 Å². The van der Waals surface area contributed by atoms with E-state index in [1.807, 2.05) is 6.08 Å². The van der Waals surface area contributed by atoms with Gasteiger partial charge < -0.3 is 4.57 Å². The van der Waals surface area contributed by atoms with Crippen LogP contribution in [0.1, 0.15) is 12.5 Å². The topological polar surface area (TPSA) is 4.93 Å². The highest BCUT2D eigenvalue weighted by Crippen LogP contribution is 2.34. The lowest BCUT2D eigenvalue weighted by molar-refractivity contribution is 1.20. The molecule has 0 saturated carbocycles. The number of benzene rings is 3. The molecule has 122 valence electrons. The summed E-state index contributed by atoms with van der Waals surface area (Å²) >= 11 is 0. The number of nitrogens with zero attached hydrogens (tertiary/aromatic N) is 1. The minimum absolute atomic E-state index is 1.17. The number of allylic oxidation sites excluding steroid dienone is 3. The van der Waals surface area contributed by atoms with Crippen molar-refractivity contribution >= 4 is 27.5 Å². The van der Waals surface area contributed by atoms with Crippen molar-refractivity contribution in [2.45, 2.75) is 13.8 Å². The van der Waals surface area contributed by atoms with Crippen molar-refractivity contribution in [1.82, 2.24) is 4.57 Å². The molecular formula is C24H21N. The van der Waals surface area contributed by atoms with Crippen molar-refractivity contribution in [3.05, 3.63) is 91.0 Å². The van der Waals surface area contributed by atoms with Gasteiger partial charge in [0.25, 0.3) is 0 Å². The normalized spacial score (nSPS) is 12.0. The van der Waals surface area contributed by atoms with E-state index in [-0.39, 0.29) is 0 Å². The molecule has 0 unspecified atom stereocenters. The Hall–Kier alpha value is -3.06. The van der Waals surface area contributed by atoms with Gasteiger partial charge in [-0.15, -0.1) is 0 Å². The molecule has 0 aliphatic heterocycles. The van der Waals surface area contributed by atoms with Gasteiger partial charge in [0.1, 0.15) is 0 Å². The van der Waals surface area contributed by atoms with Crippen LogP contribution in [0.5, 0.6) is 0 Å². The summed E-state index contributed by atoms with van der Waals surface area (Å²) in [5.74, 6) is 0. The maximum Gasteiger partial charge on any atom is 0.0538 e. The lowest BCUT2D eigenvalue weighted by Gasteiger charge is -2.08. The van der Waals surface area contributed by atoms with Crippen molar-refractivity contribution in [3.8, 4) is 11.1 Å². The summed E-state index contributed by atoms with van der Waals surface area (Å²) in [7, 11) is 0. The lowest BCUT2D eigenvalue weighted by atomic mass is 10.0. The number of fused-ring (bicyclic) bond motifs is 3. The van der Waals surface area contributed by atoms with Crippen molar-refractivity contribution in [2.75, 3.05) is 0 Å². The van der Waals surface area contributed by atoms with Gasteiger partial charge in [-0.05, 0) is 49.2 Å². The number of aryl methyl sites for hydroxylation is 1. The highest BCUT2D eigenvalue weighted by atomic mass is 15.0. The van der Waals surface area contributed by atoms with Gasteiger partial charge in [0, 0.05) is 16.5 Å². The molecule has 0 saturated heterocycles. The van der Waals surface area contributed by atoms with Gasteiger partial charge in [0.2, 0.25) is 0 Å². The summed E-state index contributed by atoms with van der Waals surface area (Å²) in [6.45, 7) is 8.09. The van der Waals surface area contributed by atoms with Crippen LogP contribution in [0.2, 0.25) is 0 Å². The molecule has 1 nitrogen and oxygen atoms in total. The van der Waals surface area contributed by atoms with Crippen molar-refractivity contribution in [3.63, 3.8) is 0 Å². The summed E-state index contributed by atoms with van der Waals surface area (Å²) in [6.07, 6.45) is 3.90. The Morgan fingerprint density at radius 1 is 0.840 bits per heavy atom. The number of aromatic nitrogens is 1. The summed E-state index contributed by atoms with van der Waals surface area (Å²) in [4.78, 5) is 0. The van der Waals surface area contributed by atoms with E-state index < -0.39 is 0 Å². The van der Waals surface area contributed by atoms with E-state index in [1.54, 1.807) is 0 Å². The van der Waals surface area contributed by atoms with E-state index in [2.05, 4.69) is 97.8 Å². The first-order chi connectivity index (χ1) is 12.2. The second-order valence-electron chi connectivity index (χ2n) is 6.49. The molecule has 0 N–H and O–H groups in total. The van der Waals surface area contributed by atoms with Crippen LogP contribution < -0.4 is 0 Å². The zero-order valence-electron chi connectivity index (χ0n) is 14.7. The van der Waals surface area contributed by atoms with Crippen LogP contribution >= 0.6 is 0 Å². The van der Waals surface area contributed by atoms with E-state index in [1.165, 1.54) is 44.2 Å². The predicted octanol–water partition coefficient (Wildman–Crippen LogP) is 6.82. The first-order valence-electron chi connectivity index (χ1n) is 8.59. The molecule has 0 fully saturated rings. The van der Waals surface area contributed by atoms with Crippen LogP contribution in [0, 0.1) is 6.92 Å². The van der Waals surface area contributed by atoms with Crippen molar-refractivity contribution in [2.24, 2.45) is 0 Å². The Bertz CT molecular complexity index is 1110. The number of hydrogen-bond donors (Lipinski definition) is 0. The average Bonchev–Trinajstić information content (AvgIpc) is 2.96. The molecule has 3 aromatic carbocycles. The third-order valence-electron chi connectivity index (χ3n) is 4.77. The highest BCUT2D eigenvalue weighted by molar-refractivity contribution is 6.11. The van der Waals surface area contributed by atoms with Gasteiger partial charge in [-0.2, -0.15) is 0 Å². The number of rotatable bonds is 3. The maximum atomic E-state index is 3.84. The molecule has 4 rings (SSSR count). The molecule has 1 heteroatoms. The predicted molar refractivity (Wildman–Crippen MR) is 110 cm³/mol. The molecule has 0 aliphatic rings. The second kappa shape index (κ2) is 6.10. The third kappa shape index (κ3) is 2.58. The molecule has 25 heavy (non-hydrogen) atoms. The summed E-state index contributed by atoms with van der Waals surface area (Å²) in [5, 5.41) is 2.56. The molecule has 1 heterocycles. The minimum Gasteiger partial charge on any atom is -0.313 e. The van der Waals surface area contributed by atoms with Gasteiger partial charge >= 0.3 is 0 Å². The van der Waals surface area contributed by atoms with Crippen LogP contribution in [0.3, 0.4) is 0 Å². The number of hydrogen-bond acceptors (Lipinski definition) is 0. The third-order valence-corrected chi connectivity index (χ3v) is 4.77. The maximum absolute atomic E-state index is 3.84. The second-order valence-corrected chi connectivity index (χ2v) is 6.49. The Balaban J connectivity index is 2.03. The lowest BCUT2D eigenvalue weighted by Crippen LogP contribution is -1.92. The van der Waals surface area contributed by atoms with E-state index in [4.69, 9.17) is 0 Å². The Labute approximate surface area is 148 Å². The van der Waals surface area contributed by atoms with Crippen LogP contribution in [0.15, 0.2) is 85.5 Å². The fourth-order valence-electron chi connectivity index (χ4n) is 3.52. The molecule has 0 aliphatic carbocycles. The van der Waals surface area contributed by atoms with Crippen molar-refractivity contribution in [1.29, 1.82) is 0 Å². The molecule has 1 aromatic heterocycles. The van der Waals surface area contributed by atoms with Gasteiger partial charge in [-0.25, -0.2) is 0 Å². The first kappa shape index (κ1) is 15.5. The number of para-hydroxylation sites is 1. The fourth-order valence-corrected chi connectivity index (χ4v) is 3.52. The van der Waals surface area contributed by atoms with E-state index in [0.29, 0.717) is 0 Å². The largest absolute Gasteiger partial charge is 0.313 e. The Kier molecular flexibility index (Phi) is 3.77. The zero-order chi connectivity index (χ0) is 17.4. The van der Waals surface area contributed by atoms with Gasteiger partial charge in [-0.3, -0.25) is 0 Å². The van der Waals surface area contributed by atoms with E-state index in [9.17, 15) is 0 Å². The van der Waals surface area contributed by atoms with Crippen LogP contribution in [-0.2, 0) is 0 Å². The first-order valence-corrected chi connectivity index (χ1v) is 8.59. The Morgan fingerprint density at radius 2 is 1.52 bits per heavy atom. The summed E-state index contributed by atoms with van der Waals surface area (Å²) in [5.41, 5.74) is 7.42. The molecule has 0 amide bonds. The minimum atomic E-state index is 1.17. The monoisotopic (exact) mass is 323 g/mol. The molecule has 0 bridgehead atoms. The quantitative estimate of drug-likeness (QED) is 0.365. The van der Waals surface area contributed by atoms with E-state index in [0.717, 1.165) is 0 Å². The zero-order valence-corrected chi connectivity index (χ0v) is 14.7.